The summed E-state index contributed by atoms with van der Waals surface area (Å²) in [6.07, 6.45) is 0.640. The molecule has 0 spiro atoms. The molecule has 14 heteroatoms. The maximum atomic E-state index is 14.4. The number of benzene rings is 6. The van der Waals surface area contributed by atoms with Crippen LogP contribution >= 0.6 is 31.9 Å². The minimum atomic E-state index is -3.92. The first kappa shape index (κ1) is 43.9. The maximum Gasteiger partial charge on any atom is 0.189 e. The second-order valence-corrected chi connectivity index (χ2v) is 21.3. The molecule has 2 aliphatic rings. The second kappa shape index (κ2) is 18.0. The zero-order valence-corrected chi connectivity index (χ0v) is 36.9. The van der Waals surface area contributed by atoms with Gasteiger partial charge in [0, 0.05) is 39.3 Å². The summed E-state index contributed by atoms with van der Waals surface area (Å²) < 4.78 is 109. The van der Waals surface area contributed by atoms with Crippen molar-refractivity contribution >= 4 is 51.5 Å². The van der Waals surface area contributed by atoms with Crippen molar-refractivity contribution in [3.8, 4) is 0 Å². The van der Waals surface area contributed by atoms with Gasteiger partial charge in [-0.2, -0.15) is 0 Å². The van der Waals surface area contributed by atoms with Gasteiger partial charge in [-0.25, -0.2) is 34.4 Å². The first-order valence-corrected chi connectivity index (χ1v) is 23.6. The van der Waals surface area contributed by atoms with Crippen LogP contribution < -0.4 is 0 Å². The fraction of sp³-hybridized carbons (Fsp3) is 0.217. The number of nitrogens with zero attached hydrogens (tertiary/aromatic N) is 2. The smallest absolute Gasteiger partial charge is 0.189 e. The van der Waals surface area contributed by atoms with Crippen LogP contribution in [-0.2, 0) is 42.3 Å². The second-order valence-electron chi connectivity index (χ2n) is 15.1. The third-order valence-electron chi connectivity index (χ3n) is 11.3. The Kier molecular flexibility index (Phi) is 13.2. The molecule has 0 bridgehead atoms. The minimum Gasteiger partial charge on any atom is -0.297 e. The van der Waals surface area contributed by atoms with Crippen LogP contribution in [0.2, 0.25) is 0 Å². The third-order valence-corrected chi connectivity index (χ3v) is 17.6. The van der Waals surface area contributed by atoms with E-state index in [1.807, 2.05) is 60.7 Å². The van der Waals surface area contributed by atoms with E-state index in [0.717, 1.165) is 35.4 Å². The molecule has 0 saturated carbocycles. The molecule has 0 radical (unpaired) electrons. The molecule has 0 amide bonds. The Labute approximate surface area is 365 Å². The Morgan fingerprint density at radius 1 is 0.483 bits per heavy atom. The monoisotopic (exact) mass is 982 g/mol. The van der Waals surface area contributed by atoms with E-state index in [1.165, 1.54) is 48.5 Å². The van der Waals surface area contributed by atoms with E-state index in [0.29, 0.717) is 50.1 Å². The minimum absolute atomic E-state index is 0.0359. The van der Waals surface area contributed by atoms with E-state index in [2.05, 4.69) is 41.7 Å². The fourth-order valence-electron chi connectivity index (χ4n) is 8.13. The zero-order valence-electron chi connectivity index (χ0n) is 32.1. The molecule has 6 aromatic rings. The van der Waals surface area contributed by atoms with E-state index < -0.39 is 52.4 Å². The molecular formula is C46H40Br2F4N2O4S2. The third kappa shape index (κ3) is 8.91. The van der Waals surface area contributed by atoms with Gasteiger partial charge < -0.3 is 0 Å². The van der Waals surface area contributed by atoms with Gasteiger partial charge in [0.25, 0.3) is 0 Å². The highest BCUT2D eigenvalue weighted by Crippen LogP contribution is 2.46. The van der Waals surface area contributed by atoms with Gasteiger partial charge in [0.2, 0.25) is 0 Å². The van der Waals surface area contributed by atoms with Crippen molar-refractivity contribution in [1.29, 1.82) is 0 Å². The molecule has 2 aliphatic heterocycles. The van der Waals surface area contributed by atoms with Crippen molar-refractivity contribution in [2.45, 2.75) is 45.2 Å². The average Bonchev–Trinajstić information content (AvgIpc) is 3.88. The largest absolute Gasteiger partial charge is 0.297 e. The number of halogens is 6. The molecular weight excluding hydrogens is 944 g/mol. The number of rotatable bonds is 10. The lowest BCUT2D eigenvalue weighted by molar-refractivity contribution is 0.320. The van der Waals surface area contributed by atoms with Gasteiger partial charge >= 0.3 is 0 Å². The Balaban J connectivity index is 0.000000181. The summed E-state index contributed by atoms with van der Waals surface area (Å²) in [4.78, 5) is 4.20. The van der Waals surface area contributed by atoms with Crippen molar-refractivity contribution in [2.75, 3.05) is 26.2 Å². The summed E-state index contributed by atoms with van der Waals surface area (Å²) in [7, 11) is -7.83. The van der Waals surface area contributed by atoms with Crippen molar-refractivity contribution in [1.82, 2.24) is 9.80 Å². The number of sulfone groups is 2. The molecule has 0 aliphatic carbocycles. The molecule has 0 aromatic heterocycles. The van der Waals surface area contributed by atoms with Crippen LogP contribution in [0.15, 0.2) is 164 Å². The van der Waals surface area contributed by atoms with Gasteiger partial charge in [-0.1, -0.05) is 72.8 Å². The lowest BCUT2D eigenvalue weighted by Gasteiger charge is -2.30. The van der Waals surface area contributed by atoms with Gasteiger partial charge in [0.05, 0.1) is 18.7 Å². The van der Waals surface area contributed by atoms with Gasteiger partial charge in [-0.05, 0) is 140 Å². The summed E-state index contributed by atoms with van der Waals surface area (Å²) in [5.41, 5.74) is 2.97. The summed E-state index contributed by atoms with van der Waals surface area (Å²) in [6, 6.07) is 38.2. The predicted octanol–water partition coefficient (Wildman–Crippen LogP) is 10.6. The molecule has 312 valence electrons. The Morgan fingerprint density at radius 3 is 1.17 bits per heavy atom. The molecule has 6 nitrogen and oxygen atoms in total. The lowest BCUT2D eigenvalue weighted by atomic mass is 9.97. The van der Waals surface area contributed by atoms with Gasteiger partial charge in [0.1, 0.15) is 32.8 Å². The first-order chi connectivity index (χ1) is 28.6. The van der Waals surface area contributed by atoms with E-state index in [1.54, 1.807) is 12.1 Å². The first-order valence-electron chi connectivity index (χ1n) is 19.1. The van der Waals surface area contributed by atoms with Gasteiger partial charge in [-0.3, -0.25) is 9.80 Å². The van der Waals surface area contributed by atoms with Crippen LogP contribution in [0.1, 0.15) is 35.1 Å². The number of hydrogen-bond donors (Lipinski definition) is 0. The highest BCUT2D eigenvalue weighted by Gasteiger charge is 2.52. The van der Waals surface area contributed by atoms with Crippen LogP contribution in [0.5, 0.6) is 0 Å². The highest BCUT2D eigenvalue weighted by atomic mass is 79.9. The summed E-state index contributed by atoms with van der Waals surface area (Å²) in [6.45, 7) is 2.74. The van der Waals surface area contributed by atoms with Crippen molar-refractivity contribution in [3.63, 3.8) is 0 Å². The average molecular weight is 985 g/mol. The van der Waals surface area contributed by atoms with E-state index in [4.69, 9.17) is 0 Å². The quantitative estimate of drug-likeness (QED) is 0.101. The molecule has 8 rings (SSSR count). The van der Waals surface area contributed by atoms with Crippen molar-refractivity contribution in [2.24, 2.45) is 0 Å². The van der Waals surface area contributed by atoms with Crippen LogP contribution in [0.4, 0.5) is 17.6 Å². The zero-order chi connectivity index (χ0) is 42.7. The molecule has 60 heavy (non-hydrogen) atoms. The lowest BCUT2D eigenvalue weighted by Crippen LogP contribution is -2.39. The summed E-state index contributed by atoms with van der Waals surface area (Å²) in [5.74, 6) is -2.03. The van der Waals surface area contributed by atoms with E-state index in [-0.39, 0.29) is 31.8 Å². The SMILES string of the molecule is O=S(=O)(c1ccc(F)cc1)[C@@]1(c2ccc(Br)c(F)c2)CCN(Cc2ccccc2)C1.O=S(=O)(c1ccc(F)cc1)[C@]1(c2ccc(Br)c(F)c2)CCN(Cc2ccccc2)C1. The highest BCUT2D eigenvalue weighted by molar-refractivity contribution is 9.10. The molecule has 0 N–H and O–H groups in total. The van der Waals surface area contributed by atoms with E-state index in [9.17, 15) is 34.4 Å². The van der Waals surface area contributed by atoms with Crippen molar-refractivity contribution < 1.29 is 34.4 Å². The van der Waals surface area contributed by atoms with Crippen LogP contribution in [0.3, 0.4) is 0 Å². The van der Waals surface area contributed by atoms with Crippen LogP contribution in [0.25, 0.3) is 0 Å². The number of hydrogen-bond acceptors (Lipinski definition) is 6. The van der Waals surface area contributed by atoms with E-state index >= 15 is 0 Å². The van der Waals surface area contributed by atoms with Gasteiger partial charge in [0.15, 0.2) is 19.7 Å². The maximum absolute atomic E-state index is 14.4. The van der Waals surface area contributed by atoms with Gasteiger partial charge in [-0.15, -0.1) is 0 Å². The summed E-state index contributed by atoms with van der Waals surface area (Å²) in [5, 5.41) is 0. The molecule has 2 fully saturated rings. The molecule has 6 aromatic carbocycles. The number of likely N-dealkylation sites (tertiary alicyclic amines) is 2. The molecule has 2 atom stereocenters. The molecule has 0 unspecified atom stereocenters. The van der Waals surface area contributed by atoms with Crippen LogP contribution in [0, 0.1) is 23.3 Å². The van der Waals surface area contributed by atoms with Crippen LogP contribution in [-0.4, -0.2) is 52.8 Å². The Morgan fingerprint density at radius 2 is 0.833 bits per heavy atom. The normalized spacial score (nSPS) is 19.8. The fourth-order valence-corrected chi connectivity index (χ4v) is 12.8. The predicted molar refractivity (Wildman–Crippen MR) is 231 cm³/mol. The Bertz CT molecular complexity index is 2490. The molecule has 2 saturated heterocycles. The topological polar surface area (TPSA) is 74.8 Å². The molecule has 2 heterocycles. The Hall–Kier alpha value is -4.18. The standard InChI is InChI=1S/2C23H20BrF2NO2S/c2*24-21-11-6-18(14-22(21)26)23(30(28,29)20-9-7-19(25)8-10-20)12-13-27(16-23)15-17-4-2-1-3-5-17/h2*1-11,14H,12-13,15-16H2/t2*23-/m10/s1. The van der Waals surface area contributed by atoms with Crippen molar-refractivity contribution in [3.05, 3.63) is 200 Å². The summed E-state index contributed by atoms with van der Waals surface area (Å²) >= 11 is 6.28.